The Morgan fingerprint density at radius 2 is 1.81 bits per heavy atom. The molecular formula is C27H22N6O2S. The summed E-state index contributed by atoms with van der Waals surface area (Å²) < 4.78 is 1.92. The van der Waals surface area contributed by atoms with Crippen LogP contribution < -0.4 is 5.43 Å². The first-order valence-electron chi connectivity index (χ1n) is 11.2. The number of nitrogens with zero attached hydrogens (tertiary/aromatic N) is 5. The molecule has 0 atom stereocenters. The van der Waals surface area contributed by atoms with Gasteiger partial charge in [0.1, 0.15) is 5.75 Å². The lowest BCUT2D eigenvalue weighted by Crippen LogP contribution is -2.20. The van der Waals surface area contributed by atoms with Crippen LogP contribution >= 0.6 is 11.8 Å². The summed E-state index contributed by atoms with van der Waals surface area (Å²) in [6.07, 6.45) is 4.86. The molecule has 3 aromatic carbocycles. The fourth-order valence-corrected chi connectivity index (χ4v) is 4.47. The molecule has 5 aromatic rings. The van der Waals surface area contributed by atoms with Crippen molar-refractivity contribution in [1.29, 1.82) is 0 Å². The molecule has 2 heterocycles. The summed E-state index contributed by atoms with van der Waals surface area (Å²) >= 11 is 1.26. The highest BCUT2D eigenvalue weighted by atomic mass is 32.2. The third kappa shape index (κ3) is 4.96. The van der Waals surface area contributed by atoms with E-state index in [1.54, 1.807) is 18.5 Å². The number of fused-ring (bicyclic) bond motifs is 1. The quantitative estimate of drug-likeness (QED) is 0.192. The van der Waals surface area contributed by atoms with Crippen LogP contribution in [-0.2, 0) is 4.79 Å². The summed E-state index contributed by atoms with van der Waals surface area (Å²) in [5, 5.41) is 25.4. The Morgan fingerprint density at radius 3 is 2.61 bits per heavy atom. The molecule has 36 heavy (non-hydrogen) atoms. The van der Waals surface area contributed by atoms with E-state index in [0.29, 0.717) is 16.5 Å². The minimum absolute atomic E-state index is 0.0825. The van der Waals surface area contributed by atoms with Crippen LogP contribution in [0.4, 0.5) is 0 Å². The third-order valence-electron chi connectivity index (χ3n) is 5.53. The number of carbonyl (C=O) groups excluding carboxylic acids is 1. The molecule has 0 radical (unpaired) electrons. The zero-order chi connectivity index (χ0) is 24.9. The van der Waals surface area contributed by atoms with Crippen molar-refractivity contribution in [3.8, 4) is 22.8 Å². The predicted molar refractivity (Wildman–Crippen MR) is 141 cm³/mol. The zero-order valence-corrected chi connectivity index (χ0v) is 20.2. The molecule has 0 bridgehead atoms. The van der Waals surface area contributed by atoms with Gasteiger partial charge in [-0.1, -0.05) is 59.8 Å². The van der Waals surface area contributed by atoms with Gasteiger partial charge in [0.15, 0.2) is 11.0 Å². The number of phenols is 1. The molecule has 8 nitrogen and oxygen atoms in total. The number of amides is 1. The maximum atomic E-state index is 12.6. The molecule has 2 aromatic heterocycles. The molecule has 0 aliphatic carbocycles. The molecule has 0 unspecified atom stereocenters. The van der Waals surface area contributed by atoms with Crippen molar-refractivity contribution in [2.45, 2.75) is 12.1 Å². The molecule has 2 N–H and O–H groups in total. The Bertz CT molecular complexity index is 1550. The Hall–Kier alpha value is -4.50. The normalized spacial score (nSPS) is 11.2. The van der Waals surface area contributed by atoms with E-state index in [4.69, 9.17) is 0 Å². The molecule has 0 saturated carbocycles. The predicted octanol–water partition coefficient (Wildman–Crippen LogP) is 4.74. The first-order valence-corrected chi connectivity index (χ1v) is 12.2. The number of nitrogens with one attached hydrogen (secondary N) is 1. The Morgan fingerprint density at radius 1 is 1.03 bits per heavy atom. The second-order valence-corrected chi connectivity index (χ2v) is 8.96. The molecule has 1 amide bonds. The molecule has 178 valence electrons. The number of aromatic nitrogens is 4. The zero-order valence-electron chi connectivity index (χ0n) is 19.4. The van der Waals surface area contributed by atoms with Gasteiger partial charge in [0.05, 0.1) is 12.0 Å². The summed E-state index contributed by atoms with van der Waals surface area (Å²) in [5.41, 5.74) is 5.98. The maximum absolute atomic E-state index is 12.6. The number of benzene rings is 3. The number of phenolic OH excluding ortho intramolecular Hbond substituents is 1. The first-order chi connectivity index (χ1) is 17.6. The van der Waals surface area contributed by atoms with Gasteiger partial charge in [-0.25, -0.2) is 5.43 Å². The van der Waals surface area contributed by atoms with E-state index in [2.05, 4.69) is 25.7 Å². The first kappa shape index (κ1) is 23.3. The highest BCUT2D eigenvalue weighted by molar-refractivity contribution is 7.99. The second-order valence-electron chi connectivity index (χ2n) is 8.01. The van der Waals surface area contributed by atoms with Gasteiger partial charge >= 0.3 is 0 Å². The van der Waals surface area contributed by atoms with Gasteiger partial charge in [0, 0.05) is 29.2 Å². The Balaban J connectivity index is 1.33. The number of hydrogen-bond acceptors (Lipinski definition) is 7. The smallest absolute Gasteiger partial charge is 0.250 e. The van der Waals surface area contributed by atoms with E-state index in [1.165, 1.54) is 18.0 Å². The third-order valence-corrected chi connectivity index (χ3v) is 6.46. The van der Waals surface area contributed by atoms with E-state index in [0.717, 1.165) is 27.6 Å². The van der Waals surface area contributed by atoms with Crippen molar-refractivity contribution in [2.24, 2.45) is 5.10 Å². The number of aromatic hydroxyl groups is 1. The molecule has 5 rings (SSSR count). The second kappa shape index (κ2) is 10.4. The highest BCUT2D eigenvalue weighted by Gasteiger charge is 2.17. The minimum atomic E-state index is -0.306. The lowest BCUT2D eigenvalue weighted by atomic mass is 10.0. The fraction of sp³-hybridized carbons (Fsp3) is 0.0741. The summed E-state index contributed by atoms with van der Waals surface area (Å²) in [5.74, 6) is 0.531. The molecule has 0 fully saturated rings. The largest absolute Gasteiger partial charge is 0.507 e. The SMILES string of the molecule is Cc1ccc(-n2c(SCC(=O)NN=Cc3c(O)ccc4ccccc34)nnc2-c2ccncc2)cc1. The summed E-state index contributed by atoms with van der Waals surface area (Å²) in [6, 6.07) is 22.9. The number of hydrazone groups is 1. The van der Waals surface area contributed by atoms with E-state index in [9.17, 15) is 9.90 Å². The van der Waals surface area contributed by atoms with Crippen LogP contribution in [0.2, 0.25) is 0 Å². The van der Waals surface area contributed by atoms with E-state index < -0.39 is 0 Å². The van der Waals surface area contributed by atoms with Crippen molar-refractivity contribution in [1.82, 2.24) is 25.2 Å². The van der Waals surface area contributed by atoms with Crippen molar-refractivity contribution >= 4 is 34.7 Å². The van der Waals surface area contributed by atoms with Crippen LogP contribution in [-0.4, -0.2) is 42.7 Å². The van der Waals surface area contributed by atoms with Gasteiger partial charge in [-0.15, -0.1) is 10.2 Å². The standard InChI is InChI=1S/C27H22N6O2S/c1-18-6-9-21(10-7-18)33-26(20-12-14-28-15-13-20)31-32-27(33)36-17-25(35)30-29-16-23-22-5-3-2-4-19(22)8-11-24(23)34/h2-16,34H,17H2,1H3,(H,30,35). The van der Waals surface area contributed by atoms with Crippen molar-refractivity contribution in [3.05, 3.63) is 96.3 Å². The molecule has 0 spiro atoms. The highest BCUT2D eigenvalue weighted by Crippen LogP contribution is 2.28. The number of aryl methyl sites for hydroxylation is 1. The van der Waals surface area contributed by atoms with Crippen molar-refractivity contribution in [2.75, 3.05) is 5.75 Å². The van der Waals surface area contributed by atoms with Crippen LogP contribution in [0.5, 0.6) is 5.75 Å². The summed E-state index contributed by atoms with van der Waals surface area (Å²) in [4.78, 5) is 16.6. The number of pyridine rings is 1. The van der Waals surface area contributed by atoms with Crippen LogP contribution in [0.25, 0.3) is 27.8 Å². The molecule has 0 saturated heterocycles. The van der Waals surface area contributed by atoms with Gasteiger partial charge in [0.25, 0.3) is 5.91 Å². The van der Waals surface area contributed by atoms with Gasteiger partial charge in [0.2, 0.25) is 0 Å². The maximum Gasteiger partial charge on any atom is 0.250 e. The van der Waals surface area contributed by atoms with Crippen molar-refractivity contribution < 1.29 is 9.90 Å². The van der Waals surface area contributed by atoms with E-state index in [1.807, 2.05) is 78.2 Å². The van der Waals surface area contributed by atoms with Gasteiger partial charge < -0.3 is 5.11 Å². The number of thioether (sulfide) groups is 1. The Labute approximate surface area is 211 Å². The lowest BCUT2D eigenvalue weighted by molar-refractivity contribution is -0.118. The van der Waals surface area contributed by atoms with Crippen LogP contribution in [0.15, 0.2) is 95.4 Å². The van der Waals surface area contributed by atoms with E-state index >= 15 is 0 Å². The van der Waals surface area contributed by atoms with Gasteiger partial charge in [-0.3, -0.25) is 14.3 Å². The van der Waals surface area contributed by atoms with Crippen LogP contribution in [0, 0.1) is 6.92 Å². The minimum Gasteiger partial charge on any atom is -0.507 e. The topological polar surface area (TPSA) is 105 Å². The fourth-order valence-electron chi connectivity index (χ4n) is 3.73. The molecule has 0 aliphatic rings. The average Bonchev–Trinajstić information content (AvgIpc) is 3.33. The van der Waals surface area contributed by atoms with Gasteiger partial charge in [-0.05, 0) is 48.0 Å². The van der Waals surface area contributed by atoms with Crippen molar-refractivity contribution in [3.63, 3.8) is 0 Å². The molecule has 9 heteroatoms. The number of rotatable bonds is 7. The number of hydrogen-bond donors (Lipinski definition) is 2. The van der Waals surface area contributed by atoms with Crippen LogP contribution in [0.3, 0.4) is 0 Å². The van der Waals surface area contributed by atoms with E-state index in [-0.39, 0.29) is 17.4 Å². The van der Waals surface area contributed by atoms with Crippen LogP contribution in [0.1, 0.15) is 11.1 Å². The monoisotopic (exact) mass is 494 g/mol. The summed E-state index contributed by atoms with van der Waals surface area (Å²) in [6.45, 7) is 2.03. The molecule has 0 aliphatic heterocycles. The average molecular weight is 495 g/mol. The lowest BCUT2D eigenvalue weighted by Gasteiger charge is -2.10. The molecular weight excluding hydrogens is 472 g/mol. The Kier molecular flexibility index (Phi) is 6.72. The van der Waals surface area contributed by atoms with Gasteiger partial charge in [-0.2, -0.15) is 5.10 Å². The summed E-state index contributed by atoms with van der Waals surface area (Å²) in [7, 11) is 0. The number of carbonyl (C=O) groups is 1.